The van der Waals surface area contributed by atoms with Gasteiger partial charge in [0.1, 0.15) is 5.75 Å². The first-order chi connectivity index (χ1) is 7.93. The molecule has 0 unspecified atom stereocenters. The predicted molar refractivity (Wildman–Crippen MR) is 55.8 cm³/mol. The van der Waals surface area contributed by atoms with Crippen LogP contribution in [0, 0.1) is 6.92 Å². The summed E-state index contributed by atoms with van der Waals surface area (Å²) in [6, 6.07) is 4.69. The number of benzene rings is 1. The van der Waals surface area contributed by atoms with Gasteiger partial charge in [0, 0.05) is 11.5 Å². The number of fused-ring (bicyclic) bond motifs is 1. The molecule has 0 aliphatic rings. The average Bonchev–Trinajstić information content (AvgIpc) is 2.27. The molecule has 0 N–H and O–H groups in total. The lowest BCUT2D eigenvalue weighted by molar-refractivity contribution is -0.142. The number of halogens is 3. The van der Waals surface area contributed by atoms with Crippen molar-refractivity contribution in [2.24, 2.45) is 0 Å². The number of aryl methyl sites for hydroxylation is 1. The van der Waals surface area contributed by atoms with Crippen LogP contribution in [0.3, 0.4) is 0 Å². The van der Waals surface area contributed by atoms with Crippen LogP contribution in [-0.4, -0.2) is 17.3 Å². The van der Waals surface area contributed by atoms with Gasteiger partial charge in [-0.2, -0.15) is 13.2 Å². The summed E-state index contributed by atoms with van der Waals surface area (Å²) in [5.41, 5.74) is -0.491. The highest BCUT2D eigenvalue weighted by Gasteiger charge is 2.35. The zero-order valence-corrected chi connectivity index (χ0v) is 9.17. The highest BCUT2D eigenvalue weighted by molar-refractivity contribution is 5.83. The van der Waals surface area contributed by atoms with Crippen LogP contribution in [0.2, 0.25) is 0 Å². The molecule has 0 saturated carbocycles. The molecule has 17 heavy (non-hydrogen) atoms. The lowest BCUT2D eigenvalue weighted by atomic mass is 10.1. The quantitative estimate of drug-likeness (QED) is 0.771. The van der Waals surface area contributed by atoms with Crippen molar-refractivity contribution in [2.45, 2.75) is 13.1 Å². The van der Waals surface area contributed by atoms with Gasteiger partial charge in [-0.1, -0.05) is 0 Å². The summed E-state index contributed by atoms with van der Waals surface area (Å²) in [6.07, 6.45) is -4.48. The lowest BCUT2D eigenvalue weighted by Crippen LogP contribution is -2.12. The van der Waals surface area contributed by atoms with E-state index in [1.54, 1.807) is 18.2 Å². The van der Waals surface area contributed by atoms with E-state index in [4.69, 9.17) is 4.74 Å². The van der Waals surface area contributed by atoms with Gasteiger partial charge < -0.3 is 4.74 Å². The van der Waals surface area contributed by atoms with Crippen molar-refractivity contribution >= 4 is 10.9 Å². The minimum absolute atomic E-state index is 0.0742. The third kappa shape index (κ3) is 2.02. The van der Waals surface area contributed by atoms with Crippen molar-refractivity contribution in [3.63, 3.8) is 0 Å². The lowest BCUT2D eigenvalue weighted by Gasteiger charge is -2.10. The Labute approximate surface area is 95.2 Å². The van der Waals surface area contributed by atoms with Crippen molar-refractivity contribution in [3.8, 4) is 5.75 Å². The normalized spacial score (nSPS) is 11.8. The van der Waals surface area contributed by atoms with Gasteiger partial charge in [0.05, 0.1) is 12.6 Å². The predicted octanol–water partition coefficient (Wildman–Crippen LogP) is 2.97. The van der Waals surface area contributed by atoms with Crippen LogP contribution in [0.1, 0.15) is 11.3 Å². The minimum atomic E-state index is -4.48. The number of hydrogen-bond donors (Lipinski definition) is 0. The van der Waals surface area contributed by atoms with Crippen LogP contribution in [0.15, 0.2) is 18.2 Å². The monoisotopic (exact) mass is 242 g/mol. The molecule has 6 heteroatoms. The van der Waals surface area contributed by atoms with Crippen LogP contribution >= 0.6 is 0 Å². The summed E-state index contributed by atoms with van der Waals surface area (Å²) < 4.78 is 42.8. The topological polar surface area (TPSA) is 35.0 Å². The molecule has 2 rings (SSSR count). The number of aromatic nitrogens is 2. The standard InChI is InChI=1S/C11H9F3N2O/c1-6-8-4-3-7(17-2)5-9(8)15-16-10(6)11(12,13)14/h3-5H,1-2H3. The summed E-state index contributed by atoms with van der Waals surface area (Å²) in [7, 11) is 1.48. The highest BCUT2D eigenvalue weighted by atomic mass is 19.4. The second kappa shape index (κ2) is 3.87. The molecule has 0 fully saturated rings. The summed E-state index contributed by atoms with van der Waals surface area (Å²) >= 11 is 0. The number of alkyl halides is 3. The first kappa shape index (κ1) is 11.6. The van der Waals surface area contributed by atoms with Crippen molar-refractivity contribution < 1.29 is 17.9 Å². The average molecular weight is 242 g/mol. The van der Waals surface area contributed by atoms with Gasteiger partial charge in [0.15, 0.2) is 5.69 Å². The molecule has 0 saturated heterocycles. The highest BCUT2D eigenvalue weighted by Crippen LogP contribution is 2.33. The van der Waals surface area contributed by atoms with E-state index in [9.17, 15) is 13.2 Å². The van der Waals surface area contributed by atoms with Crippen molar-refractivity contribution in [3.05, 3.63) is 29.5 Å². The maximum atomic E-state index is 12.6. The second-order valence-electron chi connectivity index (χ2n) is 3.55. The van der Waals surface area contributed by atoms with Crippen LogP contribution in [0.5, 0.6) is 5.75 Å². The van der Waals surface area contributed by atoms with Crippen LogP contribution in [0.4, 0.5) is 13.2 Å². The fourth-order valence-corrected chi connectivity index (χ4v) is 1.61. The molecular formula is C11H9F3N2O. The number of ether oxygens (including phenoxy) is 1. The summed E-state index contributed by atoms with van der Waals surface area (Å²) in [4.78, 5) is 0. The molecule has 0 bridgehead atoms. The zero-order valence-electron chi connectivity index (χ0n) is 9.17. The molecule has 0 aliphatic carbocycles. The molecule has 0 amide bonds. The van der Waals surface area contributed by atoms with Gasteiger partial charge in [-0.05, 0) is 24.6 Å². The van der Waals surface area contributed by atoms with E-state index in [1.165, 1.54) is 14.0 Å². The fourth-order valence-electron chi connectivity index (χ4n) is 1.61. The Morgan fingerprint density at radius 2 is 1.88 bits per heavy atom. The summed E-state index contributed by atoms with van der Waals surface area (Å²) in [6.45, 7) is 1.38. The first-order valence-corrected chi connectivity index (χ1v) is 4.81. The summed E-state index contributed by atoms with van der Waals surface area (Å²) in [5.74, 6) is 0.533. The number of methoxy groups -OCH3 is 1. The number of hydrogen-bond acceptors (Lipinski definition) is 3. The smallest absolute Gasteiger partial charge is 0.435 e. The molecule has 3 nitrogen and oxygen atoms in total. The van der Waals surface area contributed by atoms with E-state index in [0.29, 0.717) is 16.7 Å². The Morgan fingerprint density at radius 3 is 2.47 bits per heavy atom. The van der Waals surface area contributed by atoms with Crippen molar-refractivity contribution in [2.75, 3.05) is 7.11 Å². The van der Waals surface area contributed by atoms with Gasteiger partial charge >= 0.3 is 6.18 Å². The fraction of sp³-hybridized carbons (Fsp3) is 0.273. The van der Waals surface area contributed by atoms with E-state index in [1.807, 2.05) is 0 Å². The Morgan fingerprint density at radius 1 is 1.18 bits per heavy atom. The second-order valence-corrected chi connectivity index (χ2v) is 3.55. The molecule has 1 aromatic heterocycles. The van der Waals surface area contributed by atoms with E-state index in [2.05, 4.69) is 10.2 Å². The first-order valence-electron chi connectivity index (χ1n) is 4.81. The van der Waals surface area contributed by atoms with Gasteiger partial charge in [0.25, 0.3) is 0 Å². The zero-order chi connectivity index (χ0) is 12.6. The molecule has 1 heterocycles. The van der Waals surface area contributed by atoms with Crippen molar-refractivity contribution in [1.29, 1.82) is 0 Å². The van der Waals surface area contributed by atoms with E-state index >= 15 is 0 Å². The van der Waals surface area contributed by atoms with Crippen LogP contribution in [-0.2, 0) is 6.18 Å². The largest absolute Gasteiger partial charge is 0.497 e. The minimum Gasteiger partial charge on any atom is -0.497 e. The van der Waals surface area contributed by atoms with Crippen molar-refractivity contribution in [1.82, 2.24) is 10.2 Å². The van der Waals surface area contributed by atoms with Crippen LogP contribution < -0.4 is 4.74 Å². The SMILES string of the molecule is COc1ccc2c(C)c(C(F)(F)F)nnc2c1. The Kier molecular flexibility index (Phi) is 2.65. The third-order valence-corrected chi connectivity index (χ3v) is 2.49. The van der Waals surface area contributed by atoms with E-state index in [-0.39, 0.29) is 5.56 Å². The molecular weight excluding hydrogens is 233 g/mol. The Hall–Kier alpha value is -1.85. The Balaban J connectivity index is 2.69. The maximum Gasteiger partial charge on any atom is 0.435 e. The number of rotatable bonds is 1. The van der Waals surface area contributed by atoms with Gasteiger partial charge in [-0.3, -0.25) is 0 Å². The molecule has 90 valence electrons. The van der Waals surface area contributed by atoms with E-state index < -0.39 is 11.9 Å². The van der Waals surface area contributed by atoms with E-state index in [0.717, 1.165) is 0 Å². The number of nitrogens with zero attached hydrogens (tertiary/aromatic N) is 2. The van der Waals surface area contributed by atoms with Gasteiger partial charge in [-0.25, -0.2) is 0 Å². The van der Waals surface area contributed by atoms with Crippen LogP contribution in [0.25, 0.3) is 10.9 Å². The molecule has 0 spiro atoms. The van der Waals surface area contributed by atoms with Gasteiger partial charge in [-0.15, -0.1) is 10.2 Å². The molecule has 0 radical (unpaired) electrons. The van der Waals surface area contributed by atoms with Gasteiger partial charge in [0.2, 0.25) is 0 Å². The Bertz CT molecular complexity index is 566. The molecule has 0 aliphatic heterocycles. The molecule has 1 aromatic carbocycles. The molecule has 0 atom stereocenters. The maximum absolute atomic E-state index is 12.6. The summed E-state index contributed by atoms with van der Waals surface area (Å²) in [5, 5.41) is 7.21. The molecule has 2 aromatic rings. The third-order valence-electron chi connectivity index (χ3n) is 2.49.